The Labute approximate surface area is 112 Å². The summed E-state index contributed by atoms with van der Waals surface area (Å²) in [6, 6.07) is 1.96. The second-order valence-electron chi connectivity index (χ2n) is 5.33. The summed E-state index contributed by atoms with van der Waals surface area (Å²) in [4.78, 5) is 9.09. The maximum atomic E-state index is 5.48. The molecule has 0 amide bonds. The highest BCUT2D eigenvalue weighted by Gasteiger charge is 2.27. The van der Waals surface area contributed by atoms with Gasteiger partial charge in [-0.3, -0.25) is 0 Å². The molecular formula is C13H20N4S. The highest BCUT2D eigenvalue weighted by atomic mass is 32.2. The molecule has 2 saturated carbocycles. The zero-order valence-electron chi connectivity index (χ0n) is 10.6. The molecule has 1 aromatic rings. The molecule has 0 spiro atoms. The van der Waals surface area contributed by atoms with Crippen LogP contribution in [0.25, 0.3) is 0 Å². The van der Waals surface area contributed by atoms with Crippen LogP contribution in [0.1, 0.15) is 50.3 Å². The molecule has 3 N–H and O–H groups in total. The summed E-state index contributed by atoms with van der Waals surface area (Å²) in [7, 11) is 0. The molecule has 3 rings (SSSR count). The molecule has 2 aliphatic rings. The van der Waals surface area contributed by atoms with E-state index in [-0.39, 0.29) is 0 Å². The normalized spacial score (nSPS) is 20.3. The Balaban J connectivity index is 1.67. The average molecular weight is 264 g/mol. The number of hydrogen-bond acceptors (Lipinski definition) is 5. The van der Waals surface area contributed by atoms with Gasteiger partial charge in [-0.15, -0.1) is 11.8 Å². The number of nitrogens with two attached hydrogens (primary N) is 1. The third-order valence-electron chi connectivity index (χ3n) is 3.75. The van der Waals surface area contributed by atoms with Gasteiger partial charge in [-0.05, 0) is 31.6 Å². The lowest BCUT2D eigenvalue weighted by Crippen LogP contribution is -2.10. The van der Waals surface area contributed by atoms with Crippen molar-refractivity contribution in [2.75, 3.05) is 11.2 Å². The average Bonchev–Trinajstić information content (AvgIpc) is 3.13. The summed E-state index contributed by atoms with van der Waals surface area (Å²) in [5, 5.41) is 1.08. The van der Waals surface area contributed by atoms with Gasteiger partial charge in [-0.25, -0.2) is 15.8 Å². The summed E-state index contributed by atoms with van der Waals surface area (Å²) in [5.74, 6) is 9.84. The highest BCUT2D eigenvalue weighted by molar-refractivity contribution is 7.99. The number of nitrogens with zero attached hydrogens (tertiary/aromatic N) is 2. The van der Waals surface area contributed by atoms with E-state index in [1.165, 1.54) is 44.3 Å². The molecule has 2 aliphatic carbocycles. The van der Waals surface area contributed by atoms with Crippen molar-refractivity contribution in [2.24, 2.45) is 11.8 Å². The molecular weight excluding hydrogens is 244 g/mol. The standard InChI is InChI=1S/C13H20N4S/c14-17-11-7-12(16-13(15-11)10-5-6-10)18-8-9-3-1-2-4-9/h7,9-10H,1-6,8,14H2,(H,15,16,17). The summed E-state index contributed by atoms with van der Waals surface area (Å²) in [6.07, 6.45) is 8.02. The van der Waals surface area contributed by atoms with Crippen molar-refractivity contribution in [3.8, 4) is 0 Å². The Morgan fingerprint density at radius 1 is 1.22 bits per heavy atom. The van der Waals surface area contributed by atoms with Gasteiger partial charge in [0, 0.05) is 17.7 Å². The minimum absolute atomic E-state index is 0.573. The molecule has 1 aromatic heterocycles. The topological polar surface area (TPSA) is 63.8 Å². The molecule has 0 unspecified atom stereocenters. The van der Waals surface area contributed by atoms with Gasteiger partial charge in [0.2, 0.25) is 0 Å². The fraction of sp³-hybridized carbons (Fsp3) is 0.692. The lowest BCUT2D eigenvalue weighted by molar-refractivity contribution is 0.622. The van der Waals surface area contributed by atoms with Gasteiger partial charge < -0.3 is 5.43 Å². The molecule has 0 saturated heterocycles. The van der Waals surface area contributed by atoms with E-state index >= 15 is 0 Å². The molecule has 1 heterocycles. The van der Waals surface area contributed by atoms with E-state index in [1.54, 1.807) is 0 Å². The summed E-state index contributed by atoms with van der Waals surface area (Å²) in [5.41, 5.74) is 2.65. The van der Waals surface area contributed by atoms with Gasteiger partial charge in [0.25, 0.3) is 0 Å². The van der Waals surface area contributed by atoms with Crippen molar-refractivity contribution < 1.29 is 0 Å². The summed E-state index contributed by atoms with van der Waals surface area (Å²) < 4.78 is 0. The van der Waals surface area contributed by atoms with Crippen molar-refractivity contribution in [1.29, 1.82) is 0 Å². The number of hydrazine groups is 1. The predicted molar refractivity (Wildman–Crippen MR) is 74.5 cm³/mol. The van der Waals surface area contributed by atoms with Crippen LogP contribution in [-0.2, 0) is 0 Å². The van der Waals surface area contributed by atoms with Crippen LogP contribution in [0.4, 0.5) is 5.82 Å². The Bertz CT molecular complexity index is 413. The van der Waals surface area contributed by atoms with Crippen LogP contribution in [0.2, 0.25) is 0 Å². The van der Waals surface area contributed by atoms with E-state index in [9.17, 15) is 0 Å². The predicted octanol–water partition coefficient (Wildman–Crippen LogP) is 2.92. The van der Waals surface area contributed by atoms with Crippen molar-refractivity contribution in [1.82, 2.24) is 9.97 Å². The van der Waals surface area contributed by atoms with Crippen LogP contribution in [-0.4, -0.2) is 15.7 Å². The van der Waals surface area contributed by atoms with Gasteiger partial charge in [-0.1, -0.05) is 12.8 Å². The molecule has 0 aromatic carbocycles. The lowest BCUT2D eigenvalue weighted by Gasteiger charge is -2.10. The van der Waals surface area contributed by atoms with Gasteiger partial charge in [0.15, 0.2) is 0 Å². The maximum absolute atomic E-state index is 5.48. The smallest absolute Gasteiger partial charge is 0.144 e. The van der Waals surface area contributed by atoms with E-state index in [1.807, 2.05) is 17.8 Å². The molecule has 2 fully saturated rings. The largest absolute Gasteiger partial charge is 0.308 e. The Morgan fingerprint density at radius 2 is 2.00 bits per heavy atom. The first kappa shape index (κ1) is 12.2. The minimum atomic E-state index is 0.573. The van der Waals surface area contributed by atoms with Gasteiger partial charge in [0.1, 0.15) is 16.7 Å². The first-order valence-corrected chi connectivity index (χ1v) is 7.82. The number of anilines is 1. The minimum Gasteiger partial charge on any atom is -0.308 e. The third-order valence-corrected chi connectivity index (χ3v) is 4.89. The van der Waals surface area contributed by atoms with Gasteiger partial charge in [0.05, 0.1) is 0 Å². The van der Waals surface area contributed by atoms with Crippen molar-refractivity contribution in [3.63, 3.8) is 0 Å². The van der Waals surface area contributed by atoms with Crippen molar-refractivity contribution in [3.05, 3.63) is 11.9 Å². The Hall–Kier alpha value is -0.810. The van der Waals surface area contributed by atoms with Crippen molar-refractivity contribution in [2.45, 2.75) is 49.5 Å². The monoisotopic (exact) mass is 264 g/mol. The number of rotatable bonds is 5. The molecule has 4 nitrogen and oxygen atoms in total. The number of thioether (sulfide) groups is 1. The quantitative estimate of drug-likeness (QED) is 0.370. The van der Waals surface area contributed by atoms with Gasteiger partial charge in [-0.2, -0.15) is 0 Å². The first-order chi connectivity index (χ1) is 8.85. The Kier molecular flexibility index (Phi) is 3.70. The molecule has 0 radical (unpaired) electrons. The molecule has 98 valence electrons. The van der Waals surface area contributed by atoms with Crippen LogP contribution < -0.4 is 11.3 Å². The second-order valence-corrected chi connectivity index (χ2v) is 6.37. The first-order valence-electron chi connectivity index (χ1n) is 6.83. The number of nitrogens with one attached hydrogen (secondary N) is 1. The van der Waals surface area contributed by atoms with Crippen LogP contribution in [0.3, 0.4) is 0 Å². The van der Waals surface area contributed by atoms with Crippen LogP contribution in [0.15, 0.2) is 11.1 Å². The molecule has 18 heavy (non-hydrogen) atoms. The zero-order valence-corrected chi connectivity index (χ0v) is 11.4. The number of nitrogen functional groups attached to an aromatic ring is 1. The molecule has 0 bridgehead atoms. The second kappa shape index (κ2) is 5.45. The van der Waals surface area contributed by atoms with E-state index in [0.29, 0.717) is 5.92 Å². The fourth-order valence-electron chi connectivity index (χ4n) is 2.50. The van der Waals surface area contributed by atoms with Crippen molar-refractivity contribution >= 4 is 17.6 Å². The molecule has 0 atom stereocenters. The highest BCUT2D eigenvalue weighted by Crippen LogP contribution is 2.39. The van der Waals surface area contributed by atoms with E-state index in [4.69, 9.17) is 5.84 Å². The lowest BCUT2D eigenvalue weighted by atomic mass is 10.1. The van der Waals surface area contributed by atoms with Crippen LogP contribution >= 0.6 is 11.8 Å². The fourth-order valence-corrected chi connectivity index (χ4v) is 3.59. The van der Waals surface area contributed by atoms with E-state index in [2.05, 4.69) is 15.4 Å². The summed E-state index contributed by atoms with van der Waals surface area (Å²) >= 11 is 1.86. The SMILES string of the molecule is NNc1cc(SCC2CCCC2)nc(C2CC2)n1. The summed E-state index contributed by atoms with van der Waals surface area (Å²) in [6.45, 7) is 0. The third kappa shape index (κ3) is 2.95. The molecule has 5 heteroatoms. The van der Waals surface area contributed by atoms with Crippen LogP contribution in [0, 0.1) is 5.92 Å². The number of hydrogen-bond donors (Lipinski definition) is 2. The number of aromatic nitrogens is 2. The van der Waals surface area contributed by atoms with E-state index < -0.39 is 0 Å². The van der Waals surface area contributed by atoms with E-state index in [0.717, 1.165) is 22.6 Å². The van der Waals surface area contributed by atoms with Gasteiger partial charge >= 0.3 is 0 Å². The Morgan fingerprint density at radius 3 is 2.67 bits per heavy atom. The maximum Gasteiger partial charge on any atom is 0.144 e. The zero-order chi connectivity index (χ0) is 12.4. The van der Waals surface area contributed by atoms with Crippen LogP contribution in [0.5, 0.6) is 0 Å². The molecule has 0 aliphatic heterocycles.